The maximum atomic E-state index is 12.3. The molecule has 1 aromatic heterocycles. The molecule has 0 aliphatic heterocycles. The Morgan fingerprint density at radius 3 is 2.72 bits per heavy atom. The van der Waals surface area contributed by atoms with Crippen molar-refractivity contribution in [2.24, 2.45) is 5.10 Å². The molecule has 32 heavy (non-hydrogen) atoms. The summed E-state index contributed by atoms with van der Waals surface area (Å²) in [6.45, 7) is 2.59. The first-order valence-electron chi connectivity index (χ1n) is 10.7. The molecular formula is C26H25N3O3. The monoisotopic (exact) mass is 427 g/mol. The van der Waals surface area contributed by atoms with E-state index in [1.54, 1.807) is 18.5 Å². The summed E-state index contributed by atoms with van der Waals surface area (Å²) in [6.07, 6.45) is 5.35. The van der Waals surface area contributed by atoms with Crippen molar-refractivity contribution in [1.29, 1.82) is 0 Å². The summed E-state index contributed by atoms with van der Waals surface area (Å²) in [7, 11) is 0. The highest BCUT2D eigenvalue weighted by Crippen LogP contribution is 2.27. The molecule has 3 aromatic carbocycles. The molecule has 0 unspecified atom stereocenters. The minimum atomic E-state index is -0.358. The zero-order chi connectivity index (χ0) is 22.2. The van der Waals surface area contributed by atoms with Crippen LogP contribution in [0.4, 0.5) is 0 Å². The number of benzene rings is 3. The van der Waals surface area contributed by atoms with Crippen LogP contribution in [-0.4, -0.2) is 30.3 Å². The fourth-order valence-electron chi connectivity index (χ4n) is 3.40. The van der Waals surface area contributed by atoms with E-state index in [1.165, 1.54) is 0 Å². The van der Waals surface area contributed by atoms with E-state index in [0.717, 1.165) is 45.8 Å². The molecule has 0 saturated carbocycles. The summed E-state index contributed by atoms with van der Waals surface area (Å²) < 4.78 is 11.6. The van der Waals surface area contributed by atoms with Crippen LogP contribution in [-0.2, 0) is 4.79 Å². The van der Waals surface area contributed by atoms with Crippen molar-refractivity contribution in [2.45, 2.75) is 19.8 Å². The molecule has 0 atom stereocenters. The molecular weight excluding hydrogens is 402 g/mol. The third kappa shape index (κ3) is 5.03. The van der Waals surface area contributed by atoms with E-state index in [2.05, 4.69) is 22.4 Å². The van der Waals surface area contributed by atoms with Gasteiger partial charge in [0, 0.05) is 17.1 Å². The van der Waals surface area contributed by atoms with E-state index in [4.69, 9.17) is 9.47 Å². The Morgan fingerprint density at radius 2 is 1.81 bits per heavy atom. The van der Waals surface area contributed by atoms with Gasteiger partial charge in [-0.2, -0.15) is 5.10 Å². The fourth-order valence-corrected chi connectivity index (χ4v) is 3.40. The van der Waals surface area contributed by atoms with Gasteiger partial charge in [0.1, 0.15) is 17.0 Å². The number of fused-ring (bicyclic) bond motifs is 2. The van der Waals surface area contributed by atoms with Crippen LogP contribution in [0.3, 0.4) is 0 Å². The largest absolute Gasteiger partial charge is 0.493 e. The average Bonchev–Trinajstić information content (AvgIpc) is 2.83. The smallest absolute Gasteiger partial charge is 0.277 e. The third-order valence-electron chi connectivity index (χ3n) is 5.02. The lowest BCUT2D eigenvalue weighted by Crippen LogP contribution is -2.24. The number of pyridine rings is 1. The van der Waals surface area contributed by atoms with Crippen LogP contribution in [0.25, 0.3) is 21.7 Å². The summed E-state index contributed by atoms with van der Waals surface area (Å²) in [4.78, 5) is 16.6. The van der Waals surface area contributed by atoms with Crippen molar-refractivity contribution in [3.8, 4) is 11.5 Å². The molecule has 0 saturated heterocycles. The Balaban J connectivity index is 1.44. The Bertz CT molecular complexity index is 1250. The highest BCUT2D eigenvalue weighted by atomic mass is 16.5. The summed E-state index contributed by atoms with van der Waals surface area (Å²) in [5, 5.41) is 7.20. The van der Waals surface area contributed by atoms with Crippen LogP contribution >= 0.6 is 0 Å². The number of ether oxygens (including phenoxy) is 2. The van der Waals surface area contributed by atoms with Gasteiger partial charge in [-0.25, -0.2) is 5.43 Å². The summed E-state index contributed by atoms with van der Waals surface area (Å²) in [6, 6.07) is 21.4. The molecule has 1 N–H and O–H groups in total. The Hall–Kier alpha value is -3.93. The number of amides is 1. The first-order chi connectivity index (χ1) is 15.8. The molecule has 0 spiro atoms. The molecule has 0 fully saturated rings. The van der Waals surface area contributed by atoms with Gasteiger partial charge in [0.2, 0.25) is 0 Å². The van der Waals surface area contributed by atoms with Gasteiger partial charge in [-0.05, 0) is 35.4 Å². The number of carbonyl (C=O) groups is 1. The Morgan fingerprint density at radius 1 is 0.969 bits per heavy atom. The molecule has 0 aliphatic carbocycles. The van der Waals surface area contributed by atoms with Crippen molar-refractivity contribution < 1.29 is 14.3 Å². The molecule has 6 nitrogen and oxygen atoms in total. The quantitative estimate of drug-likeness (QED) is 0.229. The highest BCUT2D eigenvalue weighted by molar-refractivity contribution is 6.02. The van der Waals surface area contributed by atoms with Gasteiger partial charge in [0.05, 0.1) is 12.8 Å². The maximum absolute atomic E-state index is 12.3. The molecule has 4 aromatic rings. The Kier molecular flexibility index (Phi) is 6.92. The number of carbonyl (C=O) groups excluding carboxylic acids is 1. The summed E-state index contributed by atoms with van der Waals surface area (Å²) in [5.41, 5.74) is 4.09. The molecule has 0 bridgehead atoms. The SMILES string of the molecule is CCCCOc1ccc2ccccc2c1/C=N\NC(=O)COc1cccc2cccnc12. The van der Waals surface area contributed by atoms with Gasteiger partial charge < -0.3 is 9.47 Å². The maximum Gasteiger partial charge on any atom is 0.277 e. The summed E-state index contributed by atoms with van der Waals surface area (Å²) in [5.74, 6) is 0.944. The predicted octanol–water partition coefficient (Wildman–Crippen LogP) is 5.10. The van der Waals surface area contributed by atoms with Crippen LogP contribution in [0.1, 0.15) is 25.3 Å². The van der Waals surface area contributed by atoms with Gasteiger partial charge in [-0.3, -0.25) is 9.78 Å². The van der Waals surface area contributed by atoms with Crippen molar-refractivity contribution >= 4 is 33.8 Å². The fraction of sp³-hybridized carbons (Fsp3) is 0.192. The zero-order valence-corrected chi connectivity index (χ0v) is 18.0. The molecule has 0 radical (unpaired) electrons. The second-order valence-corrected chi connectivity index (χ2v) is 7.31. The number of unbranched alkanes of at least 4 members (excludes halogenated alkanes) is 1. The molecule has 4 rings (SSSR count). The van der Waals surface area contributed by atoms with E-state index in [1.807, 2.05) is 60.7 Å². The number of hydrazone groups is 1. The van der Waals surface area contributed by atoms with Crippen LogP contribution in [0.5, 0.6) is 11.5 Å². The van der Waals surface area contributed by atoms with Crippen molar-refractivity contribution in [1.82, 2.24) is 10.4 Å². The Labute approximate surface area is 186 Å². The van der Waals surface area contributed by atoms with Crippen LogP contribution in [0, 0.1) is 0 Å². The highest BCUT2D eigenvalue weighted by Gasteiger charge is 2.09. The molecule has 162 valence electrons. The number of para-hydroxylation sites is 1. The van der Waals surface area contributed by atoms with Crippen molar-refractivity contribution in [3.63, 3.8) is 0 Å². The number of nitrogens with zero attached hydrogens (tertiary/aromatic N) is 2. The standard InChI is InChI=1S/C26H25N3O3/c1-2-3-16-31-23-14-13-19-8-4-5-11-21(19)22(23)17-28-29-25(30)18-32-24-12-6-9-20-10-7-15-27-26(20)24/h4-15,17H,2-3,16,18H2,1H3,(H,29,30)/b28-17-. The minimum absolute atomic E-state index is 0.164. The second kappa shape index (κ2) is 10.4. The van der Waals surface area contributed by atoms with Crippen LogP contribution in [0.15, 0.2) is 78.0 Å². The van der Waals surface area contributed by atoms with Crippen molar-refractivity contribution in [2.75, 3.05) is 13.2 Å². The lowest BCUT2D eigenvalue weighted by molar-refractivity contribution is -0.123. The van der Waals surface area contributed by atoms with E-state index in [0.29, 0.717) is 12.4 Å². The molecule has 1 heterocycles. The topological polar surface area (TPSA) is 72.8 Å². The third-order valence-corrected chi connectivity index (χ3v) is 5.02. The van der Waals surface area contributed by atoms with E-state index >= 15 is 0 Å². The first kappa shape index (κ1) is 21.3. The van der Waals surface area contributed by atoms with Gasteiger partial charge in [0.15, 0.2) is 6.61 Å². The normalized spacial score (nSPS) is 11.2. The molecule has 1 amide bonds. The zero-order valence-electron chi connectivity index (χ0n) is 18.0. The lowest BCUT2D eigenvalue weighted by Gasteiger charge is -2.11. The van der Waals surface area contributed by atoms with Gasteiger partial charge in [-0.15, -0.1) is 0 Å². The second-order valence-electron chi connectivity index (χ2n) is 7.31. The van der Waals surface area contributed by atoms with Gasteiger partial charge in [0.25, 0.3) is 5.91 Å². The number of hydrogen-bond acceptors (Lipinski definition) is 5. The van der Waals surface area contributed by atoms with Gasteiger partial charge >= 0.3 is 0 Å². The number of hydrogen-bond donors (Lipinski definition) is 1. The van der Waals surface area contributed by atoms with E-state index in [9.17, 15) is 4.79 Å². The number of rotatable bonds is 9. The lowest BCUT2D eigenvalue weighted by atomic mass is 10.0. The van der Waals surface area contributed by atoms with E-state index < -0.39 is 0 Å². The van der Waals surface area contributed by atoms with Crippen LogP contribution in [0.2, 0.25) is 0 Å². The predicted molar refractivity (Wildman–Crippen MR) is 127 cm³/mol. The molecule has 6 heteroatoms. The first-order valence-corrected chi connectivity index (χ1v) is 10.7. The number of nitrogens with one attached hydrogen (secondary N) is 1. The van der Waals surface area contributed by atoms with Crippen LogP contribution < -0.4 is 14.9 Å². The van der Waals surface area contributed by atoms with Gasteiger partial charge in [-0.1, -0.05) is 61.9 Å². The average molecular weight is 428 g/mol. The van der Waals surface area contributed by atoms with E-state index in [-0.39, 0.29) is 12.5 Å². The summed E-state index contributed by atoms with van der Waals surface area (Å²) >= 11 is 0. The number of aromatic nitrogens is 1. The molecule has 0 aliphatic rings. The van der Waals surface area contributed by atoms with Crippen molar-refractivity contribution in [3.05, 3.63) is 78.5 Å². The minimum Gasteiger partial charge on any atom is -0.493 e.